The van der Waals surface area contributed by atoms with E-state index in [1.54, 1.807) is 24.3 Å². The summed E-state index contributed by atoms with van der Waals surface area (Å²) in [4.78, 5) is 10.8. The first-order valence-corrected chi connectivity index (χ1v) is 9.45. The first-order valence-electron chi connectivity index (χ1n) is 7.36. The van der Waals surface area contributed by atoms with Crippen molar-refractivity contribution in [2.24, 2.45) is 0 Å². The Morgan fingerprint density at radius 3 is 2.22 bits per heavy atom. The van der Waals surface area contributed by atoms with Crippen molar-refractivity contribution >= 4 is 25.7 Å². The standard InChI is InChI=1S/C19H16F2OSe/c1-2-12-3-5-13(6-4-12)15-8-9-16(19(21)18(15)20)17-10-7-14(11-22)23-17/h3-11H,2,23H2,1H3. The number of allylic oxidation sites excluding steroid dienone is 3. The van der Waals surface area contributed by atoms with Crippen molar-refractivity contribution in [3.05, 3.63) is 75.8 Å². The van der Waals surface area contributed by atoms with Crippen LogP contribution in [0.5, 0.6) is 0 Å². The van der Waals surface area contributed by atoms with Crippen LogP contribution in [-0.4, -0.2) is 21.2 Å². The van der Waals surface area contributed by atoms with Crippen molar-refractivity contribution in [2.45, 2.75) is 13.3 Å². The summed E-state index contributed by atoms with van der Waals surface area (Å²) < 4.78 is 30.4. The van der Waals surface area contributed by atoms with Crippen LogP contribution in [0.2, 0.25) is 0 Å². The van der Waals surface area contributed by atoms with Crippen LogP contribution >= 0.6 is 0 Å². The average molecular weight is 377 g/mol. The van der Waals surface area contributed by atoms with Crippen molar-refractivity contribution < 1.29 is 13.6 Å². The molecule has 1 heterocycles. The Hall–Kier alpha value is -2.03. The normalized spacial score (nSPS) is 15.4. The zero-order chi connectivity index (χ0) is 16.4. The first-order chi connectivity index (χ1) is 11.1. The number of rotatable bonds is 4. The predicted molar refractivity (Wildman–Crippen MR) is 91.8 cm³/mol. The molecule has 3 rings (SSSR count). The summed E-state index contributed by atoms with van der Waals surface area (Å²) >= 11 is -0.867. The molecule has 0 amide bonds. The Bertz CT molecular complexity index is 820. The average Bonchev–Trinajstić information content (AvgIpc) is 3.06. The van der Waals surface area contributed by atoms with Crippen LogP contribution < -0.4 is 0 Å². The van der Waals surface area contributed by atoms with E-state index >= 15 is 0 Å². The third-order valence-corrected chi connectivity index (χ3v) is 6.56. The molecule has 2 aromatic carbocycles. The summed E-state index contributed by atoms with van der Waals surface area (Å²) in [6, 6.07) is 10.7. The van der Waals surface area contributed by atoms with Gasteiger partial charge in [0.2, 0.25) is 0 Å². The van der Waals surface area contributed by atoms with Gasteiger partial charge in [0, 0.05) is 0 Å². The van der Waals surface area contributed by atoms with E-state index in [9.17, 15) is 13.6 Å². The van der Waals surface area contributed by atoms with Gasteiger partial charge >= 0.3 is 140 Å². The number of benzene rings is 2. The van der Waals surface area contributed by atoms with E-state index in [2.05, 4.69) is 0 Å². The molecule has 23 heavy (non-hydrogen) atoms. The van der Waals surface area contributed by atoms with Crippen molar-refractivity contribution in [2.75, 3.05) is 0 Å². The maximum atomic E-state index is 14.5. The minimum atomic E-state index is -0.867. The van der Waals surface area contributed by atoms with Crippen molar-refractivity contribution in [1.29, 1.82) is 0 Å². The molecule has 1 aliphatic heterocycles. The molecule has 118 valence electrons. The van der Waals surface area contributed by atoms with Gasteiger partial charge in [0.05, 0.1) is 0 Å². The van der Waals surface area contributed by atoms with E-state index in [0.29, 0.717) is 10.0 Å². The second kappa shape index (κ2) is 6.61. The molecule has 2 aromatic rings. The van der Waals surface area contributed by atoms with Crippen LogP contribution in [0.25, 0.3) is 15.6 Å². The minimum absolute atomic E-state index is 0.260. The summed E-state index contributed by atoms with van der Waals surface area (Å²) in [5.74, 6) is -1.67. The fraction of sp³-hybridized carbons (Fsp3) is 0.105. The summed E-state index contributed by atoms with van der Waals surface area (Å²) in [5, 5.41) is 0. The van der Waals surface area contributed by atoms with Crippen LogP contribution in [0, 0.1) is 11.6 Å². The van der Waals surface area contributed by atoms with E-state index in [1.165, 1.54) is 0 Å². The van der Waals surface area contributed by atoms with Gasteiger partial charge in [0.1, 0.15) is 0 Å². The van der Waals surface area contributed by atoms with E-state index in [-0.39, 0.29) is 11.1 Å². The molecule has 1 aliphatic rings. The molecule has 0 atom stereocenters. The van der Waals surface area contributed by atoms with E-state index < -0.39 is 26.6 Å². The SMILES string of the molecule is CCc1ccc(-c2ccc(C3=CC=C(C=O)[SeH2]3)c(F)c2F)cc1. The number of carbonyl (C=O) groups is 1. The molecular weight excluding hydrogens is 361 g/mol. The monoisotopic (exact) mass is 378 g/mol. The Morgan fingerprint density at radius 1 is 0.957 bits per heavy atom. The quantitative estimate of drug-likeness (QED) is 0.585. The van der Waals surface area contributed by atoms with Gasteiger partial charge in [0.15, 0.2) is 0 Å². The number of aldehydes is 1. The number of aryl methyl sites for hydroxylation is 1. The van der Waals surface area contributed by atoms with Gasteiger partial charge in [-0.2, -0.15) is 0 Å². The Balaban J connectivity index is 1.96. The molecule has 0 N–H and O–H groups in total. The Labute approximate surface area is 139 Å². The van der Waals surface area contributed by atoms with Crippen LogP contribution in [-0.2, 0) is 11.2 Å². The number of carbonyl (C=O) groups excluding carboxylic acids is 1. The number of hydrogen-bond donors (Lipinski definition) is 0. The maximum absolute atomic E-state index is 14.5. The predicted octanol–water partition coefficient (Wildman–Crippen LogP) is 3.80. The van der Waals surface area contributed by atoms with Crippen LogP contribution in [0.3, 0.4) is 0 Å². The molecule has 0 unspecified atom stereocenters. The van der Waals surface area contributed by atoms with E-state index in [0.717, 1.165) is 22.7 Å². The molecule has 0 saturated carbocycles. The fourth-order valence-corrected chi connectivity index (χ4v) is 4.70. The van der Waals surface area contributed by atoms with Crippen molar-refractivity contribution in [3.8, 4) is 11.1 Å². The molecular formula is C19H16F2OSe. The molecule has 0 aromatic heterocycles. The third kappa shape index (κ3) is 3.05. The molecule has 0 radical (unpaired) electrons. The molecule has 4 heteroatoms. The van der Waals surface area contributed by atoms with Crippen LogP contribution in [0.1, 0.15) is 18.1 Å². The summed E-state index contributed by atoms with van der Waals surface area (Å²) in [6.07, 6.45) is 5.11. The zero-order valence-corrected chi connectivity index (χ0v) is 14.7. The summed E-state index contributed by atoms with van der Waals surface area (Å²) in [7, 11) is 0. The van der Waals surface area contributed by atoms with Gasteiger partial charge in [-0.1, -0.05) is 0 Å². The molecule has 0 spiro atoms. The Morgan fingerprint density at radius 2 is 1.61 bits per heavy atom. The topological polar surface area (TPSA) is 17.1 Å². The second-order valence-electron chi connectivity index (χ2n) is 5.28. The fourth-order valence-electron chi connectivity index (χ4n) is 2.54. The number of halogens is 2. The summed E-state index contributed by atoms with van der Waals surface area (Å²) in [6.45, 7) is 2.05. The van der Waals surface area contributed by atoms with Crippen LogP contribution in [0.4, 0.5) is 8.78 Å². The Kier molecular flexibility index (Phi) is 4.56. The van der Waals surface area contributed by atoms with E-state index in [4.69, 9.17) is 0 Å². The molecule has 0 bridgehead atoms. The third-order valence-electron chi connectivity index (χ3n) is 3.88. The van der Waals surface area contributed by atoms with Gasteiger partial charge in [-0.05, 0) is 0 Å². The second-order valence-corrected chi connectivity index (χ2v) is 8.15. The van der Waals surface area contributed by atoms with Crippen molar-refractivity contribution in [3.63, 3.8) is 0 Å². The molecule has 0 saturated heterocycles. The molecule has 0 fully saturated rings. The van der Waals surface area contributed by atoms with Gasteiger partial charge in [-0.25, -0.2) is 0 Å². The molecule has 1 nitrogen and oxygen atoms in total. The van der Waals surface area contributed by atoms with Crippen LogP contribution in [0.15, 0.2) is 53.0 Å². The van der Waals surface area contributed by atoms with E-state index in [1.807, 2.05) is 31.2 Å². The van der Waals surface area contributed by atoms with Gasteiger partial charge in [-0.15, -0.1) is 0 Å². The number of hydrogen-bond acceptors (Lipinski definition) is 1. The van der Waals surface area contributed by atoms with Crippen molar-refractivity contribution in [1.82, 2.24) is 0 Å². The van der Waals surface area contributed by atoms with Gasteiger partial charge < -0.3 is 0 Å². The summed E-state index contributed by atoms with van der Waals surface area (Å²) in [5.41, 5.74) is 2.34. The van der Waals surface area contributed by atoms with Gasteiger partial charge in [0.25, 0.3) is 0 Å². The first kappa shape index (κ1) is 15.8. The van der Waals surface area contributed by atoms with Gasteiger partial charge in [-0.3, -0.25) is 0 Å². The zero-order valence-electron chi connectivity index (χ0n) is 12.6. The molecule has 0 aliphatic carbocycles.